The minimum atomic E-state index is -4.77. The van der Waals surface area contributed by atoms with E-state index in [4.69, 9.17) is 0 Å². The third kappa shape index (κ3) is 3.94. The van der Waals surface area contributed by atoms with E-state index in [0.29, 0.717) is 0 Å². The van der Waals surface area contributed by atoms with E-state index in [1.54, 1.807) is 6.92 Å². The number of halogens is 3. The van der Waals surface area contributed by atoms with Crippen LogP contribution in [0, 0.1) is 6.92 Å². The fourth-order valence-corrected chi connectivity index (χ4v) is 2.29. The van der Waals surface area contributed by atoms with Crippen LogP contribution in [0.15, 0.2) is 29.2 Å². The molecule has 0 radical (unpaired) electrons. The van der Waals surface area contributed by atoms with Gasteiger partial charge in [0.2, 0.25) is 6.17 Å². The van der Waals surface area contributed by atoms with E-state index in [2.05, 4.69) is 8.92 Å². The lowest BCUT2D eigenvalue weighted by atomic mass is 10.2. The number of alkyl halides is 3. The van der Waals surface area contributed by atoms with Crippen molar-refractivity contribution in [1.82, 2.24) is 0 Å². The molecule has 0 saturated heterocycles. The van der Waals surface area contributed by atoms with Crippen LogP contribution >= 0.6 is 0 Å². The van der Waals surface area contributed by atoms with E-state index in [0.717, 1.165) is 31.7 Å². The molecule has 0 fully saturated rings. The molecule has 2 atom stereocenters. The van der Waals surface area contributed by atoms with Crippen LogP contribution in [0.2, 0.25) is 0 Å². The van der Waals surface area contributed by atoms with Gasteiger partial charge >= 0.3 is 16.2 Å². The van der Waals surface area contributed by atoms with Gasteiger partial charge in [-0.15, -0.1) is 0 Å². The van der Waals surface area contributed by atoms with Crippen molar-refractivity contribution in [3.05, 3.63) is 29.8 Å². The molecule has 20 heavy (non-hydrogen) atoms. The summed E-state index contributed by atoms with van der Waals surface area (Å²) in [6, 6.07) is 5.04. The van der Waals surface area contributed by atoms with Gasteiger partial charge in [0.05, 0.1) is 11.0 Å². The maximum absolute atomic E-state index is 13.5. The summed E-state index contributed by atoms with van der Waals surface area (Å²) in [4.78, 5) is -0.472. The topological polar surface area (TPSA) is 52.6 Å². The minimum absolute atomic E-state index is 0.472. The lowest BCUT2D eigenvalue weighted by Gasteiger charge is -2.23. The highest BCUT2D eigenvalue weighted by atomic mass is 32.2. The quantitative estimate of drug-likeness (QED) is 0.758. The third-order valence-corrected chi connectivity index (χ3v) is 3.93. The average molecular weight is 312 g/mol. The summed E-state index contributed by atoms with van der Waals surface area (Å²) in [6.45, 7) is 2.74. The zero-order valence-corrected chi connectivity index (χ0v) is 12.0. The SMILES string of the molecule is COC(C)C(F)C(F)(F)OS(=O)(=O)c1ccc(C)cc1. The molecule has 1 aromatic carbocycles. The van der Waals surface area contributed by atoms with Crippen molar-refractivity contribution in [2.45, 2.75) is 37.1 Å². The fraction of sp³-hybridized carbons (Fsp3) is 0.500. The van der Waals surface area contributed by atoms with Gasteiger partial charge < -0.3 is 4.74 Å². The van der Waals surface area contributed by atoms with Crippen LogP contribution in [-0.4, -0.2) is 33.9 Å². The van der Waals surface area contributed by atoms with Gasteiger partial charge in [0, 0.05) is 7.11 Å². The zero-order chi connectivity index (χ0) is 15.6. The second kappa shape index (κ2) is 6.11. The lowest BCUT2D eigenvalue weighted by molar-refractivity contribution is -0.237. The van der Waals surface area contributed by atoms with E-state index in [1.807, 2.05) is 0 Å². The van der Waals surface area contributed by atoms with E-state index in [-0.39, 0.29) is 0 Å². The van der Waals surface area contributed by atoms with Gasteiger partial charge in [-0.3, -0.25) is 0 Å². The Morgan fingerprint density at radius 3 is 2.15 bits per heavy atom. The second-order valence-corrected chi connectivity index (χ2v) is 5.80. The fourth-order valence-electron chi connectivity index (χ4n) is 1.34. The van der Waals surface area contributed by atoms with Crippen molar-refractivity contribution in [3.63, 3.8) is 0 Å². The van der Waals surface area contributed by atoms with E-state index in [9.17, 15) is 21.6 Å². The molecule has 0 N–H and O–H groups in total. The Kier molecular flexibility index (Phi) is 5.17. The Morgan fingerprint density at radius 2 is 1.70 bits per heavy atom. The van der Waals surface area contributed by atoms with Crippen LogP contribution in [0.25, 0.3) is 0 Å². The summed E-state index contributed by atoms with van der Waals surface area (Å²) in [7, 11) is -3.74. The molecule has 0 heterocycles. The van der Waals surface area contributed by atoms with E-state index in [1.165, 1.54) is 12.1 Å². The molecule has 0 aromatic heterocycles. The van der Waals surface area contributed by atoms with Crippen molar-refractivity contribution in [2.24, 2.45) is 0 Å². The first-order valence-electron chi connectivity index (χ1n) is 5.67. The Hall–Kier alpha value is -1.12. The molecule has 2 unspecified atom stereocenters. The normalized spacial score (nSPS) is 15.9. The third-order valence-electron chi connectivity index (χ3n) is 2.64. The van der Waals surface area contributed by atoms with Gasteiger partial charge in [0.15, 0.2) is 0 Å². The number of ether oxygens (including phenoxy) is 1. The molecule has 1 rings (SSSR count). The molecule has 8 heteroatoms. The Balaban J connectivity index is 2.98. The first-order valence-corrected chi connectivity index (χ1v) is 7.08. The van der Waals surface area contributed by atoms with Crippen molar-refractivity contribution >= 4 is 10.1 Å². The van der Waals surface area contributed by atoms with Gasteiger partial charge in [-0.25, -0.2) is 4.39 Å². The molecule has 0 spiro atoms. The predicted octanol–water partition coefficient (Wildman–Crippen LogP) is 2.67. The van der Waals surface area contributed by atoms with Gasteiger partial charge in [0.1, 0.15) is 0 Å². The standard InChI is InChI=1S/C12H15F3O4S/c1-8-4-6-10(7-5-8)20(16,17)19-12(14,15)11(13)9(2)18-3/h4-7,9,11H,1-3H3. The van der Waals surface area contributed by atoms with Crippen LogP contribution < -0.4 is 0 Å². The zero-order valence-electron chi connectivity index (χ0n) is 11.1. The molecule has 1 aromatic rings. The summed E-state index contributed by atoms with van der Waals surface area (Å²) < 4.78 is 71.8. The maximum atomic E-state index is 13.5. The highest BCUT2D eigenvalue weighted by Crippen LogP contribution is 2.31. The first-order chi connectivity index (χ1) is 9.10. The van der Waals surface area contributed by atoms with Crippen molar-refractivity contribution in [1.29, 1.82) is 0 Å². The maximum Gasteiger partial charge on any atom is 0.403 e. The van der Waals surface area contributed by atoms with Crippen LogP contribution in [-0.2, 0) is 19.0 Å². The van der Waals surface area contributed by atoms with Crippen LogP contribution in [0.4, 0.5) is 13.2 Å². The number of aryl methyl sites for hydroxylation is 1. The number of hydrogen-bond acceptors (Lipinski definition) is 4. The lowest BCUT2D eigenvalue weighted by Crippen LogP contribution is -2.42. The summed E-state index contributed by atoms with van der Waals surface area (Å²) >= 11 is 0. The summed E-state index contributed by atoms with van der Waals surface area (Å²) in [5.41, 5.74) is 0.743. The van der Waals surface area contributed by atoms with Crippen LogP contribution in [0.3, 0.4) is 0 Å². The number of benzene rings is 1. The number of rotatable bonds is 6. The summed E-state index contributed by atoms with van der Waals surface area (Å²) in [5.74, 6) is 0. The summed E-state index contributed by atoms with van der Waals surface area (Å²) in [6.07, 6.45) is -8.94. The van der Waals surface area contributed by atoms with Gasteiger partial charge in [0.25, 0.3) is 0 Å². The van der Waals surface area contributed by atoms with Gasteiger partial charge in [-0.05, 0) is 26.0 Å². The molecular formula is C12H15F3O4S. The number of methoxy groups -OCH3 is 1. The van der Waals surface area contributed by atoms with Crippen molar-refractivity contribution < 1.29 is 30.5 Å². The monoisotopic (exact) mass is 312 g/mol. The molecule has 0 aliphatic carbocycles. The molecular weight excluding hydrogens is 297 g/mol. The second-order valence-electron chi connectivity index (χ2n) is 4.25. The van der Waals surface area contributed by atoms with Crippen molar-refractivity contribution in [3.8, 4) is 0 Å². The Labute approximate surface area is 115 Å². The summed E-state index contributed by atoms with van der Waals surface area (Å²) in [5, 5.41) is 0. The molecule has 0 aliphatic heterocycles. The molecule has 0 saturated carbocycles. The Bertz CT molecular complexity index is 542. The molecule has 0 amide bonds. The van der Waals surface area contributed by atoms with Crippen molar-refractivity contribution in [2.75, 3.05) is 7.11 Å². The van der Waals surface area contributed by atoms with E-state index >= 15 is 0 Å². The molecule has 4 nitrogen and oxygen atoms in total. The van der Waals surface area contributed by atoms with Gasteiger partial charge in [-0.1, -0.05) is 17.7 Å². The predicted molar refractivity (Wildman–Crippen MR) is 65.8 cm³/mol. The average Bonchev–Trinajstić information content (AvgIpc) is 2.36. The molecule has 114 valence electrons. The Morgan fingerprint density at radius 1 is 1.20 bits per heavy atom. The molecule has 0 aliphatic rings. The van der Waals surface area contributed by atoms with Crippen LogP contribution in [0.1, 0.15) is 12.5 Å². The van der Waals surface area contributed by atoms with Gasteiger partial charge in [-0.2, -0.15) is 21.4 Å². The van der Waals surface area contributed by atoms with E-state index < -0.39 is 33.4 Å². The highest BCUT2D eigenvalue weighted by molar-refractivity contribution is 7.86. The smallest absolute Gasteiger partial charge is 0.378 e. The highest BCUT2D eigenvalue weighted by Gasteiger charge is 2.49. The largest absolute Gasteiger partial charge is 0.403 e. The number of hydrogen-bond donors (Lipinski definition) is 0. The minimum Gasteiger partial charge on any atom is -0.378 e. The molecule has 0 bridgehead atoms. The first kappa shape index (κ1) is 16.9. The van der Waals surface area contributed by atoms with Crippen LogP contribution in [0.5, 0.6) is 0 Å².